The predicted octanol–water partition coefficient (Wildman–Crippen LogP) is 5.76. The number of hydrogen-bond donors (Lipinski definition) is 1. The van der Waals surface area contributed by atoms with E-state index in [1.165, 1.54) is 0 Å². The summed E-state index contributed by atoms with van der Waals surface area (Å²) in [5.41, 5.74) is 5.72. The average Bonchev–Trinajstić information content (AvgIpc) is 3.50. The first-order chi connectivity index (χ1) is 21.7. The van der Waals surface area contributed by atoms with E-state index in [1.807, 2.05) is 36.9 Å². The molecule has 244 valence electrons. The summed E-state index contributed by atoms with van der Waals surface area (Å²) in [7, 11) is 3.93. The van der Waals surface area contributed by atoms with Crippen LogP contribution in [0.25, 0.3) is 22.1 Å². The molecule has 2 aromatic carbocycles. The van der Waals surface area contributed by atoms with Crippen molar-refractivity contribution in [1.82, 2.24) is 19.1 Å². The summed E-state index contributed by atoms with van der Waals surface area (Å²) in [4.78, 5) is 37.3. The van der Waals surface area contributed by atoms with Crippen molar-refractivity contribution in [2.45, 2.75) is 38.5 Å². The molecular weight excluding hydrogens is 639 g/mol. The van der Waals surface area contributed by atoms with E-state index in [1.54, 1.807) is 0 Å². The van der Waals surface area contributed by atoms with Crippen LogP contribution in [0.1, 0.15) is 37.3 Å². The molecular formula is C32H41Cl3N6O4. The van der Waals surface area contributed by atoms with Crippen LogP contribution in [0.2, 0.25) is 0 Å². The van der Waals surface area contributed by atoms with Gasteiger partial charge in [-0.25, -0.2) is 9.97 Å². The van der Waals surface area contributed by atoms with Gasteiger partial charge in [-0.3, -0.25) is 9.59 Å². The van der Waals surface area contributed by atoms with E-state index in [4.69, 9.17) is 54.6 Å². The Kier molecular flexibility index (Phi) is 13.0. The van der Waals surface area contributed by atoms with Crippen molar-refractivity contribution in [3.63, 3.8) is 0 Å². The van der Waals surface area contributed by atoms with Crippen molar-refractivity contribution in [2.24, 2.45) is 14.1 Å². The number of carbonyl (C=O) groups excluding carboxylic acids is 1. The number of carbonyl (C=O) groups is 2. The molecule has 2 heterocycles. The van der Waals surface area contributed by atoms with Gasteiger partial charge in [0.2, 0.25) is 0 Å². The molecule has 4 aromatic rings. The number of imidazole rings is 2. The molecule has 45 heavy (non-hydrogen) atoms. The Balaban J connectivity index is 1.29. The molecule has 0 fully saturated rings. The standard InChI is InChI=1S/C32H41Cl3N6O4/c1-38-28-12-10-24(22-26(28)36-29(38)5-3-7-31(42)43)41(18-15-35)19-20-45-32(44)8-4-6-30-37-25-21-23(9-11-27(25)39(30)2)40(16-13-33)17-14-34/h9-12,21-22H,3-8,13-20H2,1-2H3,(H,42,43). The number of hydrogen-bond acceptors (Lipinski definition) is 7. The molecule has 0 spiro atoms. The Hall–Kier alpha value is -3.21. The maximum atomic E-state index is 12.6. The zero-order chi connectivity index (χ0) is 32.3. The van der Waals surface area contributed by atoms with Crippen LogP contribution in [0.3, 0.4) is 0 Å². The number of ether oxygens (including phenoxy) is 1. The number of aromatic nitrogens is 4. The van der Waals surface area contributed by atoms with Crippen molar-refractivity contribution in [3.05, 3.63) is 48.0 Å². The number of esters is 1. The smallest absolute Gasteiger partial charge is 0.305 e. The van der Waals surface area contributed by atoms with Crippen molar-refractivity contribution in [2.75, 3.05) is 60.2 Å². The molecule has 0 aliphatic heterocycles. The summed E-state index contributed by atoms with van der Waals surface area (Å²) in [6, 6.07) is 12.2. The van der Waals surface area contributed by atoms with E-state index in [2.05, 4.69) is 32.6 Å². The Morgan fingerprint density at radius 3 is 1.69 bits per heavy atom. The first-order valence-electron chi connectivity index (χ1n) is 15.2. The number of nitrogens with zero attached hydrogens (tertiary/aromatic N) is 6. The molecule has 0 bridgehead atoms. The van der Waals surface area contributed by atoms with Gasteiger partial charge in [0.25, 0.3) is 0 Å². The van der Waals surface area contributed by atoms with Gasteiger partial charge in [-0.15, -0.1) is 34.8 Å². The first-order valence-corrected chi connectivity index (χ1v) is 16.8. The maximum absolute atomic E-state index is 12.6. The Labute approximate surface area is 278 Å². The lowest BCUT2D eigenvalue weighted by molar-refractivity contribution is -0.143. The normalized spacial score (nSPS) is 11.4. The van der Waals surface area contributed by atoms with Crippen LogP contribution in [0.4, 0.5) is 11.4 Å². The second-order valence-electron chi connectivity index (χ2n) is 10.9. The van der Waals surface area contributed by atoms with Crippen LogP contribution in [-0.4, -0.2) is 86.6 Å². The van der Waals surface area contributed by atoms with Gasteiger partial charge in [-0.2, -0.15) is 0 Å². The fourth-order valence-electron chi connectivity index (χ4n) is 5.49. The number of carboxylic acids is 1. The minimum Gasteiger partial charge on any atom is -0.481 e. The Morgan fingerprint density at radius 2 is 1.22 bits per heavy atom. The first kappa shape index (κ1) is 34.7. The summed E-state index contributed by atoms with van der Waals surface area (Å²) >= 11 is 18.1. The third-order valence-electron chi connectivity index (χ3n) is 7.90. The van der Waals surface area contributed by atoms with Crippen LogP contribution < -0.4 is 9.80 Å². The van der Waals surface area contributed by atoms with E-state index in [-0.39, 0.29) is 19.0 Å². The monoisotopic (exact) mass is 678 g/mol. The second-order valence-corrected chi connectivity index (χ2v) is 12.0. The van der Waals surface area contributed by atoms with Crippen LogP contribution in [0.15, 0.2) is 36.4 Å². The highest BCUT2D eigenvalue weighted by molar-refractivity contribution is 6.18. The summed E-state index contributed by atoms with van der Waals surface area (Å²) in [6.45, 7) is 2.76. The van der Waals surface area contributed by atoms with Gasteiger partial charge < -0.3 is 28.8 Å². The number of fused-ring (bicyclic) bond motifs is 2. The maximum Gasteiger partial charge on any atom is 0.305 e. The van der Waals surface area contributed by atoms with Gasteiger partial charge >= 0.3 is 11.9 Å². The van der Waals surface area contributed by atoms with Crippen molar-refractivity contribution >= 4 is 80.2 Å². The van der Waals surface area contributed by atoms with E-state index >= 15 is 0 Å². The second kappa shape index (κ2) is 16.9. The van der Waals surface area contributed by atoms with E-state index < -0.39 is 5.97 Å². The van der Waals surface area contributed by atoms with Gasteiger partial charge in [-0.1, -0.05) is 0 Å². The molecule has 0 aliphatic carbocycles. The lowest BCUT2D eigenvalue weighted by Crippen LogP contribution is -2.30. The third kappa shape index (κ3) is 9.17. The highest BCUT2D eigenvalue weighted by Crippen LogP contribution is 2.25. The Bertz CT molecular complexity index is 1580. The third-order valence-corrected chi connectivity index (χ3v) is 8.41. The topological polar surface area (TPSA) is 106 Å². The number of aliphatic carboxylic acids is 1. The molecule has 1 N–H and O–H groups in total. The lowest BCUT2D eigenvalue weighted by atomic mass is 10.2. The SMILES string of the molecule is Cn1c(CCCC(=O)O)nc2cc(N(CCCl)CCOC(=O)CCCc3nc4cc(N(CCCl)CCCl)ccc4n3C)ccc21. The zero-order valence-electron chi connectivity index (χ0n) is 25.9. The summed E-state index contributed by atoms with van der Waals surface area (Å²) in [5.74, 6) is 2.17. The van der Waals surface area contributed by atoms with Crippen molar-refractivity contribution in [3.8, 4) is 0 Å². The fraction of sp³-hybridized carbons (Fsp3) is 0.500. The number of anilines is 2. The quantitative estimate of drug-likeness (QED) is 0.0985. The zero-order valence-corrected chi connectivity index (χ0v) is 28.1. The van der Waals surface area contributed by atoms with Gasteiger partial charge in [-0.05, 0) is 49.2 Å². The number of rotatable bonds is 19. The Morgan fingerprint density at radius 1 is 0.756 bits per heavy atom. The lowest BCUT2D eigenvalue weighted by Gasteiger charge is -2.23. The minimum absolute atomic E-state index is 0.113. The molecule has 0 saturated heterocycles. The molecule has 0 atom stereocenters. The molecule has 0 unspecified atom stereocenters. The number of aryl methyl sites for hydroxylation is 4. The minimum atomic E-state index is -0.807. The van der Waals surface area contributed by atoms with Gasteiger partial charge in [0, 0.05) is 88.4 Å². The van der Waals surface area contributed by atoms with Crippen molar-refractivity contribution in [1.29, 1.82) is 0 Å². The molecule has 0 amide bonds. The fourth-order valence-corrected chi connectivity index (χ4v) is 6.11. The molecule has 4 rings (SSSR count). The van der Waals surface area contributed by atoms with Crippen LogP contribution in [-0.2, 0) is 41.3 Å². The molecule has 0 radical (unpaired) electrons. The van der Waals surface area contributed by atoms with Crippen LogP contribution >= 0.6 is 34.8 Å². The number of carboxylic acid groups (broad SMARTS) is 1. The van der Waals surface area contributed by atoms with Crippen LogP contribution in [0.5, 0.6) is 0 Å². The number of halogens is 3. The molecule has 13 heteroatoms. The highest BCUT2D eigenvalue weighted by Gasteiger charge is 2.15. The average molecular weight is 680 g/mol. The largest absolute Gasteiger partial charge is 0.481 e. The van der Waals surface area contributed by atoms with Gasteiger partial charge in [0.1, 0.15) is 18.3 Å². The molecule has 0 saturated carbocycles. The number of alkyl halides is 3. The van der Waals surface area contributed by atoms with Crippen molar-refractivity contribution < 1.29 is 19.4 Å². The summed E-state index contributed by atoms with van der Waals surface area (Å²) < 4.78 is 9.65. The van der Waals surface area contributed by atoms with Gasteiger partial charge in [0.05, 0.1) is 28.6 Å². The highest BCUT2D eigenvalue weighted by atomic mass is 35.5. The molecule has 2 aromatic heterocycles. The van der Waals surface area contributed by atoms with Crippen LogP contribution in [0, 0.1) is 0 Å². The summed E-state index contributed by atoms with van der Waals surface area (Å²) in [5, 5.41) is 8.94. The van der Waals surface area contributed by atoms with Gasteiger partial charge in [0.15, 0.2) is 0 Å². The van der Waals surface area contributed by atoms with E-state index in [0.29, 0.717) is 75.9 Å². The molecule has 0 aliphatic rings. The summed E-state index contributed by atoms with van der Waals surface area (Å²) in [6.07, 6.45) is 2.82. The number of benzene rings is 2. The predicted molar refractivity (Wildman–Crippen MR) is 182 cm³/mol. The van der Waals surface area contributed by atoms with E-state index in [9.17, 15) is 9.59 Å². The van der Waals surface area contributed by atoms with E-state index in [0.717, 1.165) is 45.1 Å². The molecule has 10 nitrogen and oxygen atoms in total.